The van der Waals surface area contributed by atoms with Crippen molar-refractivity contribution >= 4 is 18.2 Å². The first kappa shape index (κ1) is 12.9. The standard InChI is InChI=1S/C5H4O2.C4H6O4/c6-4-5-2-1-3-7-5;5-3(6)1-2-4(7)8/h1-4H;1-2H2,(H,5,6)(H,7,8). The van der Waals surface area contributed by atoms with Gasteiger partial charge in [0.1, 0.15) is 0 Å². The van der Waals surface area contributed by atoms with E-state index in [0.717, 1.165) is 0 Å². The lowest BCUT2D eigenvalue weighted by molar-refractivity contribution is -0.143. The normalized spacial score (nSPS) is 8.53. The summed E-state index contributed by atoms with van der Waals surface area (Å²) in [6, 6.07) is 3.27. The number of carbonyl (C=O) groups excluding carboxylic acids is 1. The van der Waals surface area contributed by atoms with Gasteiger partial charge >= 0.3 is 11.9 Å². The van der Waals surface area contributed by atoms with Crippen LogP contribution in [0.5, 0.6) is 0 Å². The van der Waals surface area contributed by atoms with Crippen molar-refractivity contribution in [2.45, 2.75) is 12.8 Å². The molecule has 6 heteroatoms. The first-order valence-electron chi connectivity index (χ1n) is 3.98. The van der Waals surface area contributed by atoms with E-state index >= 15 is 0 Å². The molecule has 0 unspecified atom stereocenters. The molecule has 15 heavy (non-hydrogen) atoms. The number of aldehydes is 1. The number of carboxylic acids is 2. The first-order chi connectivity index (χ1) is 7.06. The Bertz CT molecular complexity index is 299. The Morgan fingerprint density at radius 2 is 1.80 bits per heavy atom. The molecule has 0 aliphatic heterocycles. The monoisotopic (exact) mass is 214 g/mol. The van der Waals surface area contributed by atoms with Crippen molar-refractivity contribution in [3.63, 3.8) is 0 Å². The van der Waals surface area contributed by atoms with Crippen molar-refractivity contribution in [1.29, 1.82) is 0 Å². The fourth-order valence-electron chi connectivity index (χ4n) is 0.572. The summed E-state index contributed by atoms with van der Waals surface area (Å²) in [5, 5.41) is 15.8. The molecular formula is C9H10O6. The summed E-state index contributed by atoms with van der Waals surface area (Å²) in [6.07, 6.45) is 1.54. The topological polar surface area (TPSA) is 105 Å². The Hall–Kier alpha value is -2.11. The largest absolute Gasteiger partial charge is 0.481 e. The van der Waals surface area contributed by atoms with Gasteiger partial charge in [-0.3, -0.25) is 14.4 Å². The molecule has 1 aromatic heterocycles. The van der Waals surface area contributed by atoms with Crippen LogP contribution in [0.3, 0.4) is 0 Å². The average Bonchev–Trinajstić information content (AvgIpc) is 2.68. The van der Waals surface area contributed by atoms with Crippen LogP contribution >= 0.6 is 0 Å². The molecule has 0 bridgehead atoms. The minimum absolute atomic E-state index is 0.296. The van der Waals surface area contributed by atoms with Crippen LogP contribution in [0, 0.1) is 0 Å². The van der Waals surface area contributed by atoms with E-state index in [1.54, 1.807) is 12.1 Å². The fraction of sp³-hybridized carbons (Fsp3) is 0.222. The zero-order valence-corrected chi connectivity index (χ0v) is 7.75. The molecule has 0 aliphatic carbocycles. The maximum Gasteiger partial charge on any atom is 0.303 e. The number of aliphatic carboxylic acids is 2. The van der Waals surface area contributed by atoms with Crippen LogP contribution < -0.4 is 0 Å². The molecule has 0 saturated heterocycles. The fourth-order valence-corrected chi connectivity index (χ4v) is 0.572. The number of carboxylic acid groups (broad SMARTS) is 2. The van der Waals surface area contributed by atoms with Crippen molar-refractivity contribution < 1.29 is 29.0 Å². The van der Waals surface area contributed by atoms with Crippen molar-refractivity contribution in [3.8, 4) is 0 Å². The van der Waals surface area contributed by atoms with Gasteiger partial charge in [-0.1, -0.05) is 0 Å². The van der Waals surface area contributed by atoms with Crippen LogP contribution in [0.4, 0.5) is 0 Å². The van der Waals surface area contributed by atoms with Gasteiger partial charge in [0.25, 0.3) is 0 Å². The lowest BCUT2D eigenvalue weighted by Gasteiger charge is -1.85. The molecule has 0 aliphatic rings. The molecule has 0 atom stereocenters. The minimum Gasteiger partial charge on any atom is -0.481 e. The van der Waals surface area contributed by atoms with Crippen LogP contribution in [0.1, 0.15) is 23.4 Å². The summed E-state index contributed by atoms with van der Waals surface area (Å²) < 4.78 is 4.61. The van der Waals surface area contributed by atoms with Gasteiger partial charge in [0.2, 0.25) is 0 Å². The molecule has 1 heterocycles. The number of rotatable bonds is 4. The van der Waals surface area contributed by atoms with Crippen LogP contribution in [0.25, 0.3) is 0 Å². The van der Waals surface area contributed by atoms with Gasteiger partial charge in [-0.05, 0) is 12.1 Å². The molecular weight excluding hydrogens is 204 g/mol. The van der Waals surface area contributed by atoms with Crippen molar-refractivity contribution in [2.24, 2.45) is 0 Å². The van der Waals surface area contributed by atoms with E-state index in [1.165, 1.54) is 6.26 Å². The van der Waals surface area contributed by atoms with E-state index in [-0.39, 0.29) is 12.8 Å². The third kappa shape index (κ3) is 8.23. The van der Waals surface area contributed by atoms with Crippen LogP contribution in [-0.4, -0.2) is 28.4 Å². The molecule has 0 amide bonds. The second-order valence-corrected chi connectivity index (χ2v) is 2.42. The Morgan fingerprint density at radius 1 is 1.27 bits per heavy atom. The Morgan fingerprint density at radius 3 is 2.00 bits per heavy atom. The number of carbonyl (C=O) groups is 3. The molecule has 0 radical (unpaired) electrons. The predicted octanol–water partition coefficient (Wildman–Crippen LogP) is 1.03. The summed E-state index contributed by atoms with van der Waals surface area (Å²) in [7, 11) is 0. The van der Waals surface area contributed by atoms with Gasteiger partial charge in [0, 0.05) is 0 Å². The molecule has 2 N–H and O–H groups in total. The lowest BCUT2D eigenvalue weighted by atomic mass is 10.3. The summed E-state index contributed by atoms with van der Waals surface area (Å²) in [6.45, 7) is 0. The molecule has 0 spiro atoms. The number of hydrogen-bond donors (Lipinski definition) is 2. The van der Waals surface area contributed by atoms with Crippen LogP contribution in [0.15, 0.2) is 22.8 Å². The molecule has 0 saturated carbocycles. The van der Waals surface area contributed by atoms with Gasteiger partial charge in [0.05, 0.1) is 19.1 Å². The van der Waals surface area contributed by atoms with E-state index < -0.39 is 11.9 Å². The maximum absolute atomic E-state index is 9.77. The van der Waals surface area contributed by atoms with E-state index in [9.17, 15) is 14.4 Å². The Labute approximate surface area is 85.1 Å². The summed E-state index contributed by atoms with van der Waals surface area (Å²) >= 11 is 0. The van der Waals surface area contributed by atoms with Crippen molar-refractivity contribution in [2.75, 3.05) is 0 Å². The highest BCUT2D eigenvalue weighted by molar-refractivity contribution is 5.75. The SMILES string of the molecule is O=C(O)CCC(=O)O.O=Cc1ccco1. The molecule has 0 fully saturated rings. The Kier molecular flexibility index (Phi) is 6.28. The first-order valence-corrected chi connectivity index (χ1v) is 3.98. The molecule has 1 rings (SSSR count). The van der Waals surface area contributed by atoms with Gasteiger partial charge in [-0.15, -0.1) is 0 Å². The smallest absolute Gasteiger partial charge is 0.303 e. The van der Waals surface area contributed by atoms with E-state index in [4.69, 9.17) is 10.2 Å². The lowest BCUT2D eigenvalue weighted by Crippen LogP contribution is -2.00. The minimum atomic E-state index is -1.08. The third-order valence-corrected chi connectivity index (χ3v) is 1.21. The zero-order valence-electron chi connectivity index (χ0n) is 7.75. The van der Waals surface area contributed by atoms with Gasteiger partial charge in [-0.2, -0.15) is 0 Å². The highest BCUT2D eigenvalue weighted by Crippen LogP contribution is 1.92. The van der Waals surface area contributed by atoms with Gasteiger partial charge in [0.15, 0.2) is 12.0 Å². The van der Waals surface area contributed by atoms with Gasteiger partial charge < -0.3 is 14.6 Å². The highest BCUT2D eigenvalue weighted by atomic mass is 16.4. The second-order valence-electron chi connectivity index (χ2n) is 2.42. The summed E-state index contributed by atoms with van der Waals surface area (Å²) in [5.41, 5.74) is 0. The molecule has 6 nitrogen and oxygen atoms in total. The van der Waals surface area contributed by atoms with E-state index in [0.29, 0.717) is 12.0 Å². The Balaban J connectivity index is 0.000000262. The number of hydrogen-bond acceptors (Lipinski definition) is 4. The predicted molar refractivity (Wildman–Crippen MR) is 48.6 cm³/mol. The molecule has 1 aromatic rings. The molecule has 82 valence electrons. The molecule has 0 aromatic carbocycles. The maximum atomic E-state index is 9.77. The van der Waals surface area contributed by atoms with Gasteiger partial charge in [-0.25, -0.2) is 0 Å². The summed E-state index contributed by atoms with van der Waals surface area (Å²) in [5.74, 6) is -1.78. The second kappa shape index (κ2) is 7.31. The van der Waals surface area contributed by atoms with Crippen LogP contribution in [0.2, 0.25) is 0 Å². The van der Waals surface area contributed by atoms with E-state index in [1.807, 2.05) is 0 Å². The number of furan rings is 1. The van der Waals surface area contributed by atoms with Crippen molar-refractivity contribution in [1.82, 2.24) is 0 Å². The average molecular weight is 214 g/mol. The van der Waals surface area contributed by atoms with Crippen LogP contribution in [-0.2, 0) is 9.59 Å². The third-order valence-electron chi connectivity index (χ3n) is 1.21. The highest BCUT2D eigenvalue weighted by Gasteiger charge is 2.00. The van der Waals surface area contributed by atoms with E-state index in [2.05, 4.69) is 4.42 Å². The summed E-state index contributed by atoms with van der Waals surface area (Å²) in [4.78, 5) is 29.1. The zero-order chi connectivity index (χ0) is 11.7. The quantitative estimate of drug-likeness (QED) is 0.725. The van der Waals surface area contributed by atoms with Crippen molar-refractivity contribution in [3.05, 3.63) is 24.2 Å².